The lowest BCUT2D eigenvalue weighted by Gasteiger charge is -2.20. The molecule has 2 heterocycles. The molecule has 0 N–H and O–H groups in total. The highest BCUT2D eigenvalue weighted by Gasteiger charge is 2.33. The van der Waals surface area contributed by atoms with Crippen molar-refractivity contribution in [2.75, 3.05) is 18.8 Å². The van der Waals surface area contributed by atoms with Gasteiger partial charge >= 0.3 is 0 Å². The summed E-state index contributed by atoms with van der Waals surface area (Å²) in [4.78, 5) is 15.5. The zero-order chi connectivity index (χ0) is 18.9. The van der Waals surface area contributed by atoms with E-state index in [2.05, 4.69) is 0 Å². The fourth-order valence-electron chi connectivity index (χ4n) is 3.71. The quantitative estimate of drug-likeness (QED) is 0.673. The van der Waals surface area contributed by atoms with E-state index in [1.54, 1.807) is 4.90 Å². The molecule has 1 aliphatic heterocycles. The van der Waals surface area contributed by atoms with E-state index in [1.807, 2.05) is 60.0 Å². The van der Waals surface area contributed by atoms with Gasteiger partial charge in [0, 0.05) is 18.0 Å². The third kappa shape index (κ3) is 3.77. The van der Waals surface area contributed by atoms with E-state index in [0.717, 1.165) is 21.2 Å². The number of fused-ring (bicyclic) bond motifs is 1. The molecule has 6 heteroatoms. The molecule has 27 heavy (non-hydrogen) atoms. The van der Waals surface area contributed by atoms with Crippen LogP contribution in [0.25, 0.3) is 10.8 Å². The Balaban J connectivity index is 1.53. The van der Waals surface area contributed by atoms with Crippen molar-refractivity contribution < 1.29 is 13.2 Å². The lowest BCUT2D eigenvalue weighted by Crippen LogP contribution is -2.34. The van der Waals surface area contributed by atoms with Crippen LogP contribution < -0.4 is 0 Å². The lowest BCUT2D eigenvalue weighted by atomic mass is 10.0. The summed E-state index contributed by atoms with van der Waals surface area (Å²) in [5.74, 6) is 0.0185. The summed E-state index contributed by atoms with van der Waals surface area (Å²) < 4.78 is 25.3. The van der Waals surface area contributed by atoms with Gasteiger partial charge in [0.25, 0.3) is 0 Å². The van der Waals surface area contributed by atoms with Crippen LogP contribution in [0.5, 0.6) is 0 Å². The van der Waals surface area contributed by atoms with Crippen LogP contribution >= 0.6 is 11.3 Å². The Morgan fingerprint density at radius 1 is 1.04 bits per heavy atom. The molecular formula is C21H21NO3S2. The number of hydrogen-bond acceptors (Lipinski definition) is 4. The Morgan fingerprint density at radius 3 is 2.67 bits per heavy atom. The van der Waals surface area contributed by atoms with Gasteiger partial charge in [-0.2, -0.15) is 0 Å². The lowest BCUT2D eigenvalue weighted by molar-refractivity contribution is -0.130. The number of benzene rings is 2. The second kappa shape index (κ2) is 7.44. The molecule has 1 amide bonds. The van der Waals surface area contributed by atoms with Crippen molar-refractivity contribution in [3.8, 4) is 0 Å². The topological polar surface area (TPSA) is 54.5 Å². The van der Waals surface area contributed by atoms with Crippen LogP contribution in [-0.4, -0.2) is 38.1 Å². The Labute approximate surface area is 163 Å². The van der Waals surface area contributed by atoms with Gasteiger partial charge in [-0.05, 0) is 34.2 Å². The van der Waals surface area contributed by atoms with Crippen molar-refractivity contribution in [3.63, 3.8) is 0 Å². The monoisotopic (exact) mass is 399 g/mol. The minimum Gasteiger partial charge on any atom is -0.341 e. The maximum absolute atomic E-state index is 12.9. The number of sulfone groups is 1. The molecule has 1 atom stereocenters. The number of thiophene rings is 1. The van der Waals surface area contributed by atoms with Gasteiger partial charge in [-0.1, -0.05) is 48.5 Å². The summed E-state index contributed by atoms with van der Waals surface area (Å²) in [6.07, 6.45) is 0.759. The Bertz CT molecular complexity index is 1050. The fraction of sp³-hybridized carbons (Fsp3) is 0.286. The van der Waals surface area contributed by atoms with E-state index in [9.17, 15) is 13.2 Å². The van der Waals surface area contributed by atoms with Gasteiger partial charge in [0.05, 0.1) is 17.4 Å². The summed E-state index contributed by atoms with van der Waals surface area (Å²) in [5, 5.41) is 3.60. The van der Waals surface area contributed by atoms with Crippen LogP contribution in [0.1, 0.15) is 22.1 Å². The molecule has 140 valence electrons. The Hall–Kier alpha value is -2.18. The van der Waals surface area contributed by atoms with Gasteiger partial charge in [-0.3, -0.25) is 4.79 Å². The van der Waals surface area contributed by atoms with Crippen LogP contribution in [0.3, 0.4) is 0 Å². The third-order valence-electron chi connectivity index (χ3n) is 5.18. The first-order valence-corrected chi connectivity index (χ1v) is 11.6. The highest BCUT2D eigenvalue weighted by atomic mass is 32.2. The van der Waals surface area contributed by atoms with Crippen molar-refractivity contribution >= 4 is 37.9 Å². The molecule has 1 unspecified atom stereocenters. The SMILES string of the molecule is O=C(Cc1cccc2ccccc12)N1CCC(c2cccs2)S(=O)(=O)CC1. The maximum Gasteiger partial charge on any atom is 0.227 e. The average Bonchev–Trinajstić information content (AvgIpc) is 3.13. The molecule has 1 fully saturated rings. The summed E-state index contributed by atoms with van der Waals surface area (Å²) in [5.41, 5.74) is 0.986. The molecule has 4 nitrogen and oxygen atoms in total. The smallest absolute Gasteiger partial charge is 0.227 e. The predicted molar refractivity (Wildman–Crippen MR) is 110 cm³/mol. The molecule has 2 aromatic carbocycles. The zero-order valence-corrected chi connectivity index (χ0v) is 16.5. The standard InChI is InChI=1S/C21H21NO3S2/c23-21(15-17-7-3-6-16-5-1-2-8-18(16)17)22-11-10-20(19-9-4-13-26-19)27(24,25)14-12-22/h1-9,13,20H,10-12,14-15H2. The first-order chi connectivity index (χ1) is 13.0. The number of nitrogens with zero attached hydrogens (tertiary/aromatic N) is 1. The molecule has 1 aliphatic rings. The summed E-state index contributed by atoms with van der Waals surface area (Å²) in [6, 6.07) is 17.7. The Morgan fingerprint density at radius 2 is 1.85 bits per heavy atom. The number of rotatable bonds is 3. The normalized spacial score (nSPS) is 19.7. The highest BCUT2D eigenvalue weighted by molar-refractivity contribution is 7.91. The molecule has 0 radical (unpaired) electrons. The largest absolute Gasteiger partial charge is 0.341 e. The van der Waals surface area contributed by atoms with E-state index in [0.29, 0.717) is 19.4 Å². The van der Waals surface area contributed by atoms with E-state index in [4.69, 9.17) is 0 Å². The Kier molecular flexibility index (Phi) is 5.02. The fourth-order valence-corrected chi connectivity index (χ4v) is 6.71. The second-order valence-electron chi connectivity index (χ2n) is 6.86. The molecule has 0 spiro atoms. The zero-order valence-electron chi connectivity index (χ0n) is 14.9. The number of amides is 1. The van der Waals surface area contributed by atoms with Gasteiger partial charge in [0.2, 0.25) is 5.91 Å². The molecule has 4 rings (SSSR count). The number of carbonyl (C=O) groups excluding carboxylic acids is 1. The molecule has 1 aromatic heterocycles. The summed E-state index contributed by atoms with van der Waals surface area (Å²) >= 11 is 1.47. The van der Waals surface area contributed by atoms with Gasteiger partial charge in [0.15, 0.2) is 9.84 Å². The third-order valence-corrected chi connectivity index (χ3v) is 8.42. The van der Waals surface area contributed by atoms with Gasteiger partial charge in [-0.25, -0.2) is 8.42 Å². The maximum atomic E-state index is 12.9. The first-order valence-electron chi connectivity index (χ1n) is 9.04. The van der Waals surface area contributed by atoms with E-state index in [1.165, 1.54) is 11.3 Å². The number of carbonyl (C=O) groups is 1. The van der Waals surface area contributed by atoms with Gasteiger partial charge in [0.1, 0.15) is 0 Å². The summed E-state index contributed by atoms with van der Waals surface area (Å²) in [6.45, 7) is 0.749. The minimum atomic E-state index is -3.24. The minimum absolute atomic E-state index is 0.00613. The van der Waals surface area contributed by atoms with Crippen molar-refractivity contribution in [2.45, 2.75) is 18.1 Å². The van der Waals surface area contributed by atoms with Crippen LogP contribution in [0, 0.1) is 0 Å². The van der Waals surface area contributed by atoms with Crippen LogP contribution in [-0.2, 0) is 21.1 Å². The van der Waals surface area contributed by atoms with Crippen molar-refractivity contribution in [2.24, 2.45) is 0 Å². The molecule has 0 aliphatic carbocycles. The second-order valence-corrected chi connectivity index (χ2v) is 10.1. The van der Waals surface area contributed by atoms with Crippen molar-refractivity contribution in [1.29, 1.82) is 0 Å². The van der Waals surface area contributed by atoms with Crippen molar-refractivity contribution in [3.05, 3.63) is 70.4 Å². The number of hydrogen-bond donors (Lipinski definition) is 0. The molecular weight excluding hydrogens is 378 g/mol. The first kappa shape index (κ1) is 18.2. The average molecular weight is 400 g/mol. The van der Waals surface area contributed by atoms with E-state index < -0.39 is 15.1 Å². The molecule has 0 bridgehead atoms. The molecule has 1 saturated heterocycles. The van der Waals surface area contributed by atoms with Crippen LogP contribution in [0.4, 0.5) is 0 Å². The van der Waals surface area contributed by atoms with Crippen molar-refractivity contribution in [1.82, 2.24) is 4.90 Å². The van der Waals surface area contributed by atoms with E-state index in [-0.39, 0.29) is 18.2 Å². The molecule has 0 saturated carbocycles. The highest BCUT2D eigenvalue weighted by Crippen LogP contribution is 2.32. The van der Waals surface area contributed by atoms with Crippen LogP contribution in [0.15, 0.2) is 60.0 Å². The van der Waals surface area contributed by atoms with Gasteiger partial charge in [-0.15, -0.1) is 11.3 Å². The van der Waals surface area contributed by atoms with Crippen LogP contribution in [0.2, 0.25) is 0 Å². The van der Waals surface area contributed by atoms with Gasteiger partial charge < -0.3 is 4.90 Å². The van der Waals surface area contributed by atoms with E-state index >= 15 is 0 Å². The predicted octanol–water partition coefficient (Wildman–Crippen LogP) is 3.83. The summed E-state index contributed by atoms with van der Waals surface area (Å²) in [7, 11) is -3.24. The molecule has 3 aromatic rings.